The van der Waals surface area contributed by atoms with Gasteiger partial charge in [0, 0.05) is 5.75 Å². The Balaban J connectivity index is 1.83. The van der Waals surface area contributed by atoms with E-state index < -0.39 is 47.5 Å². The molecule has 3 heterocycles. The van der Waals surface area contributed by atoms with Crippen molar-refractivity contribution >= 4 is 69.3 Å². The second-order valence-corrected chi connectivity index (χ2v) is 8.76. The molecule has 1 unspecified atom stereocenters. The van der Waals surface area contributed by atoms with Crippen LogP contribution in [0.3, 0.4) is 0 Å². The summed E-state index contributed by atoms with van der Waals surface area (Å²) in [4.78, 5) is 57.2. The highest BCUT2D eigenvalue weighted by Crippen LogP contribution is 2.40. The van der Waals surface area contributed by atoms with E-state index in [1.807, 2.05) is 0 Å². The number of carbonyl (C=O) groups is 4. The Kier molecular flexibility index (Phi) is 6.52. The summed E-state index contributed by atoms with van der Waals surface area (Å²) in [7, 11) is 0. The van der Waals surface area contributed by atoms with Gasteiger partial charge in [0.15, 0.2) is 10.8 Å². The summed E-state index contributed by atoms with van der Waals surface area (Å²) < 4.78 is 0.00523. The number of thioether (sulfide) groups is 1. The normalized spacial score (nSPS) is 20.6. The lowest BCUT2D eigenvalue weighted by Gasteiger charge is -2.49. The van der Waals surface area contributed by atoms with E-state index in [1.165, 1.54) is 17.8 Å². The minimum Gasteiger partial charge on any atom is -0.479 e. The van der Waals surface area contributed by atoms with Crippen LogP contribution in [-0.2, 0) is 24.0 Å². The van der Waals surface area contributed by atoms with Crippen LogP contribution in [0.2, 0.25) is 4.34 Å². The van der Waals surface area contributed by atoms with Gasteiger partial charge in [-0.15, -0.1) is 11.8 Å². The molecule has 0 saturated carbocycles. The van der Waals surface area contributed by atoms with Crippen LogP contribution in [0.1, 0.15) is 5.69 Å². The van der Waals surface area contributed by atoms with Gasteiger partial charge < -0.3 is 26.1 Å². The molecule has 2 aliphatic heterocycles. The van der Waals surface area contributed by atoms with Gasteiger partial charge in [0.1, 0.15) is 27.1 Å². The monoisotopic (exact) mass is 487 g/mol. The number of hydrogen-bond donors (Lipinski definition) is 4. The van der Waals surface area contributed by atoms with Gasteiger partial charge in [-0.05, 0) is 5.57 Å². The first kappa shape index (κ1) is 22.6. The molecule has 31 heavy (non-hydrogen) atoms. The maximum Gasteiger partial charge on any atom is 0.352 e. The summed E-state index contributed by atoms with van der Waals surface area (Å²) in [5.41, 5.74) is 5.15. The summed E-state index contributed by atoms with van der Waals surface area (Å²) >= 11 is 8.12. The van der Waals surface area contributed by atoms with Crippen molar-refractivity contribution in [2.75, 3.05) is 18.1 Å². The number of carboxylic acid groups (broad SMARTS) is 2. The number of nitrogens with two attached hydrogens (primary N) is 1. The number of aliphatic carboxylic acids is 2. The van der Waals surface area contributed by atoms with Gasteiger partial charge in [-0.3, -0.25) is 14.5 Å². The first-order valence-corrected chi connectivity index (χ1v) is 10.6. The molecule has 1 fully saturated rings. The van der Waals surface area contributed by atoms with Crippen LogP contribution in [0.15, 0.2) is 29.1 Å². The minimum atomic E-state index is -1.33. The number of halogens is 1. The zero-order valence-corrected chi connectivity index (χ0v) is 17.8. The van der Waals surface area contributed by atoms with Gasteiger partial charge in [0.25, 0.3) is 11.8 Å². The number of oxime groups is 1. The van der Waals surface area contributed by atoms with Crippen molar-refractivity contribution in [1.82, 2.24) is 15.2 Å². The number of anilines is 1. The number of allylic oxidation sites excluding steroid dienone is 1. The molecule has 1 aromatic heterocycles. The molecular formula is C16H14ClN5O7S2. The summed E-state index contributed by atoms with van der Waals surface area (Å²) in [5.74, 6) is -3.90. The van der Waals surface area contributed by atoms with Crippen molar-refractivity contribution in [3.8, 4) is 0 Å². The van der Waals surface area contributed by atoms with E-state index in [0.717, 1.165) is 16.2 Å². The number of carboxylic acids is 2. The molecule has 12 nitrogen and oxygen atoms in total. The van der Waals surface area contributed by atoms with Crippen molar-refractivity contribution in [2.45, 2.75) is 11.4 Å². The Hall–Kier alpha value is -3.10. The average Bonchev–Trinajstić information content (AvgIpc) is 3.05. The number of amides is 2. The van der Waals surface area contributed by atoms with Gasteiger partial charge in [-0.1, -0.05) is 40.7 Å². The molecule has 0 aliphatic carbocycles. The number of nitrogens with one attached hydrogen (secondary N) is 1. The molecule has 3 rings (SSSR count). The van der Waals surface area contributed by atoms with Gasteiger partial charge in [-0.2, -0.15) is 0 Å². The number of nitrogens with zero attached hydrogens (tertiary/aromatic N) is 3. The van der Waals surface area contributed by atoms with E-state index in [-0.39, 0.29) is 26.6 Å². The quantitative estimate of drug-likeness (QED) is 0.223. The Morgan fingerprint density at radius 3 is 2.71 bits per heavy atom. The van der Waals surface area contributed by atoms with E-state index in [9.17, 15) is 24.3 Å². The van der Waals surface area contributed by atoms with Crippen LogP contribution in [0.5, 0.6) is 0 Å². The molecule has 5 N–H and O–H groups in total. The summed E-state index contributed by atoms with van der Waals surface area (Å²) in [5, 5.41) is 23.4. The highest BCUT2D eigenvalue weighted by molar-refractivity contribution is 8.00. The van der Waals surface area contributed by atoms with E-state index in [0.29, 0.717) is 5.57 Å². The standard InChI is InChI=1S/C16H14ClN5O7S2/c1-2-5-4-30-14-9(13(26)22(14)10(5)15(27)28)19-12(25)8(21-29-3-6(23)24)7-11(17)31-16(18)20-7/h2,9,14H,1,3-4H2,(H2,18,20)(H,19,25)(H,23,24)(H,27,28)/b21-8+/t9?,14-/m1/s1. The molecule has 1 aromatic rings. The fourth-order valence-electron chi connectivity index (χ4n) is 2.82. The fraction of sp³-hybridized carbons (Fsp3) is 0.250. The SMILES string of the molecule is C=CC1=C(C(=O)O)N2C(=O)C(NC(=O)/C(=N/OCC(=O)O)c3nc(N)sc3Cl)[C@H]2SC1. The lowest BCUT2D eigenvalue weighted by atomic mass is 10.0. The highest BCUT2D eigenvalue weighted by atomic mass is 35.5. The minimum absolute atomic E-state index is 0.00523. The molecule has 0 radical (unpaired) electrons. The number of fused-ring (bicyclic) bond motifs is 1. The third-order valence-corrected chi connectivity index (χ3v) is 6.50. The van der Waals surface area contributed by atoms with E-state index in [1.54, 1.807) is 0 Å². The number of hydrogen-bond acceptors (Lipinski definition) is 10. The molecule has 0 spiro atoms. The molecule has 164 valence electrons. The van der Waals surface area contributed by atoms with E-state index in [2.05, 4.69) is 26.9 Å². The number of thiazole rings is 1. The predicted molar refractivity (Wildman–Crippen MR) is 112 cm³/mol. The summed E-state index contributed by atoms with van der Waals surface area (Å²) in [6.07, 6.45) is 1.37. The van der Waals surface area contributed by atoms with Crippen LogP contribution in [0.4, 0.5) is 5.13 Å². The van der Waals surface area contributed by atoms with Gasteiger partial charge in [0.2, 0.25) is 6.61 Å². The zero-order valence-electron chi connectivity index (χ0n) is 15.4. The number of nitrogen functional groups attached to an aromatic ring is 1. The van der Waals surface area contributed by atoms with Crippen LogP contribution in [0, 0.1) is 0 Å². The second kappa shape index (κ2) is 8.95. The lowest BCUT2D eigenvalue weighted by Crippen LogP contribution is -2.71. The fourth-order valence-corrected chi connectivity index (χ4v) is 5.09. The van der Waals surface area contributed by atoms with Crippen LogP contribution >= 0.6 is 34.7 Å². The van der Waals surface area contributed by atoms with Crippen molar-refractivity contribution in [2.24, 2.45) is 5.16 Å². The van der Waals surface area contributed by atoms with Crippen LogP contribution < -0.4 is 11.1 Å². The van der Waals surface area contributed by atoms with Crippen molar-refractivity contribution < 1.29 is 34.2 Å². The third-order valence-electron chi connectivity index (χ3n) is 4.12. The average molecular weight is 488 g/mol. The first-order valence-electron chi connectivity index (χ1n) is 8.34. The number of rotatable bonds is 8. The largest absolute Gasteiger partial charge is 0.479 e. The van der Waals surface area contributed by atoms with Gasteiger partial charge in [-0.25, -0.2) is 14.6 Å². The Labute approximate surface area is 187 Å². The Morgan fingerprint density at radius 2 is 2.16 bits per heavy atom. The Morgan fingerprint density at radius 1 is 1.45 bits per heavy atom. The molecule has 1 saturated heterocycles. The maximum absolute atomic E-state index is 12.8. The first-order chi connectivity index (χ1) is 14.6. The molecule has 2 aliphatic rings. The second-order valence-electron chi connectivity index (χ2n) is 6.03. The molecule has 0 aromatic carbocycles. The van der Waals surface area contributed by atoms with Gasteiger partial charge in [0.05, 0.1) is 0 Å². The summed E-state index contributed by atoms with van der Waals surface area (Å²) in [6, 6.07) is -1.06. The van der Waals surface area contributed by atoms with E-state index in [4.69, 9.17) is 22.4 Å². The number of aromatic nitrogens is 1. The molecule has 0 bridgehead atoms. The van der Waals surface area contributed by atoms with Crippen molar-refractivity contribution in [3.05, 3.63) is 34.0 Å². The highest BCUT2D eigenvalue weighted by Gasteiger charge is 2.54. The molecule has 2 atom stereocenters. The van der Waals surface area contributed by atoms with Crippen LogP contribution in [-0.4, -0.2) is 73.3 Å². The van der Waals surface area contributed by atoms with E-state index >= 15 is 0 Å². The van der Waals surface area contributed by atoms with Crippen molar-refractivity contribution in [3.63, 3.8) is 0 Å². The molecular weight excluding hydrogens is 474 g/mol. The predicted octanol–water partition coefficient (Wildman–Crippen LogP) is 0.109. The van der Waals surface area contributed by atoms with Gasteiger partial charge >= 0.3 is 11.9 Å². The lowest BCUT2D eigenvalue weighted by molar-refractivity contribution is -0.150. The number of carbonyl (C=O) groups excluding carboxylic acids is 2. The number of β-lactam (4-membered cyclic amide) rings is 1. The topological polar surface area (TPSA) is 185 Å². The zero-order chi connectivity index (χ0) is 22.9. The maximum atomic E-state index is 12.8. The molecule has 15 heteroatoms. The van der Waals surface area contributed by atoms with Crippen molar-refractivity contribution in [1.29, 1.82) is 0 Å². The van der Waals surface area contributed by atoms with Crippen LogP contribution in [0.25, 0.3) is 0 Å². The molecule has 2 amide bonds. The smallest absolute Gasteiger partial charge is 0.352 e. The third kappa shape index (κ3) is 4.35. The summed E-state index contributed by atoms with van der Waals surface area (Å²) in [6.45, 7) is 2.72. The Bertz CT molecular complexity index is 1050.